The molecule has 0 bridgehead atoms. The minimum absolute atomic E-state index is 0.241. The van der Waals surface area contributed by atoms with E-state index in [0.29, 0.717) is 13.0 Å². The Labute approximate surface area is 110 Å². The van der Waals surface area contributed by atoms with Crippen LogP contribution in [-0.2, 0) is 4.79 Å². The van der Waals surface area contributed by atoms with Gasteiger partial charge in [-0.3, -0.25) is 20.1 Å². The Kier molecular flexibility index (Phi) is 2.55. The molecular formula is C11H9BrN4O2. The van der Waals surface area contributed by atoms with E-state index in [1.165, 1.54) is 4.90 Å². The van der Waals surface area contributed by atoms with Crippen LogP contribution in [0, 0.1) is 0 Å². The van der Waals surface area contributed by atoms with Gasteiger partial charge in [-0.05, 0) is 12.1 Å². The summed E-state index contributed by atoms with van der Waals surface area (Å²) in [5, 5.41) is 10.1. The number of anilines is 1. The van der Waals surface area contributed by atoms with E-state index in [1.54, 1.807) is 6.20 Å². The van der Waals surface area contributed by atoms with E-state index in [0.717, 1.165) is 21.1 Å². The van der Waals surface area contributed by atoms with Crippen LogP contribution in [0.5, 0.6) is 0 Å². The van der Waals surface area contributed by atoms with Gasteiger partial charge in [-0.15, -0.1) is 0 Å². The third-order valence-electron chi connectivity index (χ3n) is 2.89. The lowest BCUT2D eigenvalue weighted by Gasteiger charge is -2.26. The molecule has 0 unspecified atom stereocenters. The number of hydrogen-bond donors (Lipinski definition) is 2. The van der Waals surface area contributed by atoms with E-state index < -0.39 is 6.03 Å². The first-order chi connectivity index (χ1) is 8.66. The minimum Gasteiger partial charge on any atom is -0.291 e. The van der Waals surface area contributed by atoms with Crippen molar-refractivity contribution in [1.29, 1.82) is 0 Å². The molecule has 0 saturated carbocycles. The molecule has 0 aliphatic carbocycles. The van der Waals surface area contributed by atoms with Gasteiger partial charge < -0.3 is 0 Å². The molecule has 1 fully saturated rings. The van der Waals surface area contributed by atoms with Gasteiger partial charge in [0.15, 0.2) is 0 Å². The summed E-state index contributed by atoms with van der Waals surface area (Å²) in [5.41, 5.74) is 1.49. The van der Waals surface area contributed by atoms with Crippen molar-refractivity contribution in [3.8, 4) is 0 Å². The topological polar surface area (TPSA) is 78.1 Å². The van der Waals surface area contributed by atoms with Gasteiger partial charge in [0.1, 0.15) is 0 Å². The molecule has 3 amide bonds. The van der Waals surface area contributed by atoms with Crippen LogP contribution in [0.2, 0.25) is 0 Å². The molecular weight excluding hydrogens is 300 g/mol. The number of aromatic nitrogens is 2. The Balaban J connectivity index is 2.09. The quantitative estimate of drug-likeness (QED) is 0.843. The highest BCUT2D eigenvalue weighted by molar-refractivity contribution is 9.10. The molecule has 1 aliphatic heterocycles. The number of urea groups is 1. The van der Waals surface area contributed by atoms with Gasteiger partial charge in [0, 0.05) is 22.8 Å². The highest BCUT2D eigenvalue weighted by Crippen LogP contribution is 2.31. The van der Waals surface area contributed by atoms with Crippen molar-refractivity contribution in [2.24, 2.45) is 0 Å². The number of rotatable bonds is 1. The number of hydrogen-bond acceptors (Lipinski definition) is 3. The van der Waals surface area contributed by atoms with Crippen molar-refractivity contribution < 1.29 is 9.59 Å². The number of halogens is 1. The van der Waals surface area contributed by atoms with Gasteiger partial charge in [-0.1, -0.05) is 15.9 Å². The van der Waals surface area contributed by atoms with Gasteiger partial charge in [-0.2, -0.15) is 5.10 Å². The van der Waals surface area contributed by atoms with Crippen LogP contribution in [0.4, 0.5) is 10.5 Å². The van der Waals surface area contributed by atoms with Gasteiger partial charge >= 0.3 is 6.03 Å². The summed E-state index contributed by atoms with van der Waals surface area (Å²) in [6, 6.07) is 3.28. The van der Waals surface area contributed by atoms with Gasteiger partial charge in [0.2, 0.25) is 5.91 Å². The standard InChI is InChI=1S/C11H9BrN4O2/c12-7-1-2-8(10-6(7)5-13-15-10)16-4-3-9(17)14-11(16)18/h1-2,5H,3-4H2,(H,13,15)(H,14,17,18). The lowest BCUT2D eigenvalue weighted by molar-refractivity contribution is -0.120. The number of nitrogens with zero attached hydrogens (tertiary/aromatic N) is 2. The fourth-order valence-corrected chi connectivity index (χ4v) is 2.44. The largest absolute Gasteiger partial charge is 0.328 e. The van der Waals surface area contributed by atoms with E-state index in [-0.39, 0.29) is 5.91 Å². The molecule has 2 aromatic rings. The number of nitrogens with one attached hydrogen (secondary N) is 2. The van der Waals surface area contributed by atoms with Crippen molar-refractivity contribution in [3.05, 3.63) is 22.8 Å². The van der Waals surface area contributed by atoms with E-state index in [2.05, 4.69) is 31.4 Å². The van der Waals surface area contributed by atoms with Crippen molar-refractivity contribution in [3.63, 3.8) is 0 Å². The molecule has 6 nitrogen and oxygen atoms in total. The molecule has 1 aliphatic rings. The highest BCUT2D eigenvalue weighted by atomic mass is 79.9. The second-order valence-corrected chi connectivity index (χ2v) is 4.83. The van der Waals surface area contributed by atoms with Crippen LogP contribution in [-0.4, -0.2) is 28.7 Å². The SMILES string of the molecule is O=C1CCN(c2ccc(Br)c3cn[nH]c23)C(=O)N1. The first kappa shape index (κ1) is 11.2. The molecule has 3 rings (SSSR count). The lowest BCUT2D eigenvalue weighted by Crippen LogP contribution is -2.49. The molecule has 7 heteroatoms. The Hall–Kier alpha value is -1.89. The third-order valence-corrected chi connectivity index (χ3v) is 3.58. The fraction of sp³-hybridized carbons (Fsp3) is 0.182. The third kappa shape index (κ3) is 1.67. The maximum absolute atomic E-state index is 11.8. The summed E-state index contributed by atoms with van der Waals surface area (Å²) in [4.78, 5) is 24.5. The summed E-state index contributed by atoms with van der Waals surface area (Å²) >= 11 is 3.43. The zero-order valence-corrected chi connectivity index (χ0v) is 10.8. The zero-order chi connectivity index (χ0) is 12.7. The second-order valence-electron chi connectivity index (χ2n) is 3.98. The average molecular weight is 309 g/mol. The van der Waals surface area contributed by atoms with Crippen LogP contribution in [0.1, 0.15) is 6.42 Å². The smallest absolute Gasteiger partial charge is 0.291 e. The summed E-state index contributed by atoms with van der Waals surface area (Å²) in [6.07, 6.45) is 1.99. The van der Waals surface area contributed by atoms with Gasteiger partial charge in [0.25, 0.3) is 0 Å². The van der Waals surface area contributed by atoms with Crippen LogP contribution in [0.15, 0.2) is 22.8 Å². The van der Waals surface area contributed by atoms with Crippen LogP contribution in [0.25, 0.3) is 10.9 Å². The Morgan fingerprint density at radius 3 is 2.94 bits per heavy atom. The van der Waals surface area contributed by atoms with Crippen molar-refractivity contribution in [2.45, 2.75) is 6.42 Å². The average Bonchev–Trinajstić information content (AvgIpc) is 2.81. The van der Waals surface area contributed by atoms with Gasteiger partial charge in [0.05, 0.1) is 17.4 Å². The van der Waals surface area contributed by atoms with Crippen molar-refractivity contribution >= 4 is 44.5 Å². The van der Waals surface area contributed by atoms with E-state index in [1.807, 2.05) is 12.1 Å². The van der Waals surface area contributed by atoms with E-state index >= 15 is 0 Å². The predicted octanol–water partition coefficient (Wildman–Crippen LogP) is 1.77. The number of benzene rings is 1. The Bertz CT molecular complexity index is 652. The number of carbonyl (C=O) groups is 2. The predicted molar refractivity (Wildman–Crippen MR) is 69.3 cm³/mol. The number of fused-ring (bicyclic) bond motifs is 1. The Morgan fingerprint density at radius 2 is 2.17 bits per heavy atom. The molecule has 18 heavy (non-hydrogen) atoms. The molecule has 1 aromatic heterocycles. The van der Waals surface area contributed by atoms with Gasteiger partial charge in [-0.25, -0.2) is 4.79 Å². The zero-order valence-electron chi connectivity index (χ0n) is 9.24. The molecule has 92 valence electrons. The van der Waals surface area contributed by atoms with Crippen LogP contribution < -0.4 is 10.2 Å². The summed E-state index contributed by atoms with van der Waals surface area (Å²) < 4.78 is 0.906. The Morgan fingerprint density at radius 1 is 1.33 bits per heavy atom. The monoisotopic (exact) mass is 308 g/mol. The number of aromatic amines is 1. The molecule has 0 atom stereocenters. The molecule has 2 N–H and O–H groups in total. The number of carbonyl (C=O) groups excluding carboxylic acids is 2. The normalized spacial score (nSPS) is 16.2. The van der Waals surface area contributed by atoms with E-state index in [4.69, 9.17) is 0 Å². The van der Waals surface area contributed by atoms with E-state index in [9.17, 15) is 9.59 Å². The van der Waals surface area contributed by atoms with Crippen LogP contribution >= 0.6 is 15.9 Å². The van der Waals surface area contributed by atoms with Crippen LogP contribution in [0.3, 0.4) is 0 Å². The first-order valence-electron chi connectivity index (χ1n) is 5.40. The fourth-order valence-electron chi connectivity index (χ4n) is 2.01. The maximum Gasteiger partial charge on any atom is 0.328 e. The molecule has 0 radical (unpaired) electrons. The highest BCUT2D eigenvalue weighted by Gasteiger charge is 2.26. The summed E-state index contributed by atoms with van der Waals surface area (Å²) in [6.45, 7) is 0.375. The molecule has 2 heterocycles. The summed E-state index contributed by atoms with van der Waals surface area (Å²) in [7, 11) is 0. The van der Waals surface area contributed by atoms with Crippen molar-refractivity contribution in [2.75, 3.05) is 11.4 Å². The van der Waals surface area contributed by atoms with Crippen molar-refractivity contribution in [1.82, 2.24) is 15.5 Å². The molecule has 1 saturated heterocycles. The maximum atomic E-state index is 11.8. The molecule has 1 aromatic carbocycles. The first-order valence-corrected chi connectivity index (χ1v) is 6.19. The lowest BCUT2D eigenvalue weighted by atomic mass is 10.2. The number of amides is 3. The number of imide groups is 1. The summed E-state index contributed by atoms with van der Waals surface area (Å²) in [5.74, 6) is -0.241. The minimum atomic E-state index is -0.399. The second kappa shape index (κ2) is 4.09. The molecule has 0 spiro atoms. The number of H-pyrrole nitrogens is 1.